The maximum Gasteiger partial charge on any atom is 0.131 e. The molecule has 0 aromatic heterocycles. The van der Waals surface area contributed by atoms with Crippen molar-refractivity contribution < 1.29 is 4.79 Å². The minimum absolute atomic E-state index is 0.255. The first kappa shape index (κ1) is 13.8. The smallest absolute Gasteiger partial charge is 0.131 e. The predicted octanol–water partition coefficient (Wildman–Crippen LogP) is 2.89. The molecule has 1 aromatic carbocycles. The lowest BCUT2D eigenvalue weighted by atomic mass is 9.96. The number of hydrogen-bond acceptors (Lipinski definition) is 3. The molecule has 1 aliphatic heterocycles. The van der Waals surface area contributed by atoms with Gasteiger partial charge in [-0.15, -0.1) is 0 Å². The van der Waals surface area contributed by atoms with Crippen molar-refractivity contribution in [2.75, 3.05) is 6.54 Å². The number of nitriles is 1. The average molecular weight is 256 g/mol. The third-order valence-corrected chi connectivity index (χ3v) is 3.78. The van der Waals surface area contributed by atoms with Gasteiger partial charge in [0.15, 0.2) is 0 Å². The molecule has 0 spiro atoms. The van der Waals surface area contributed by atoms with Crippen molar-refractivity contribution in [1.82, 2.24) is 4.90 Å². The van der Waals surface area contributed by atoms with Crippen LogP contribution in [0.2, 0.25) is 0 Å². The van der Waals surface area contributed by atoms with Crippen LogP contribution in [-0.4, -0.2) is 23.3 Å². The number of piperidine rings is 1. The maximum atomic E-state index is 11.4. The fourth-order valence-corrected chi connectivity index (χ4v) is 2.82. The van der Waals surface area contributed by atoms with E-state index in [0.29, 0.717) is 12.5 Å². The Balaban J connectivity index is 2.11. The fraction of sp³-hybridized carbons (Fsp3) is 0.500. The first-order valence-electron chi connectivity index (χ1n) is 6.92. The van der Waals surface area contributed by atoms with E-state index in [2.05, 4.69) is 11.0 Å². The normalized spacial score (nSPS) is 19.9. The van der Waals surface area contributed by atoms with Gasteiger partial charge in [0, 0.05) is 19.0 Å². The second kappa shape index (κ2) is 6.49. The summed E-state index contributed by atoms with van der Waals surface area (Å²) in [5.74, 6) is 0.255. The van der Waals surface area contributed by atoms with Gasteiger partial charge < -0.3 is 0 Å². The summed E-state index contributed by atoms with van der Waals surface area (Å²) < 4.78 is 0. The van der Waals surface area contributed by atoms with E-state index in [0.717, 1.165) is 30.6 Å². The van der Waals surface area contributed by atoms with Crippen molar-refractivity contribution in [3.8, 4) is 6.07 Å². The van der Waals surface area contributed by atoms with E-state index in [1.54, 1.807) is 6.92 Å². The van der Waals surface area contributed by atoms with Gasteiger partial charge in [-0.1, -0.05) is 24.6 Å². The minimum Gasteiger partial charge on any atom is -0.300 e. The number of nitrogens with zero attached hydrogens (tertiary/aromatic N) is 2. The van der Waals surface area contributed by atoms with Crippen molar-refractivity contribution in [3.05, 3.63) is 35.4 Å². The average Bonchev–Trinajstić information content (AvgIpc) is 2.41. The van der Waals surface area contributed by atoms with Gasteiger partial charge in [-0.05, 0) is 37.9 Å². The van der Waals surface area contributed by atoms with E-state index in [1.165, 1.54) is 12.8 Å². The maximum absolute atomic E-state index is 11.4. The first-order chi connectivity index (χ1) is 9.20. The minimum atomic E-state index is 0.255. The van der Waals surface area contributed by atoms with Crippen molar-refractivity contribution >= 4 is 5.78 Å². The quantitative estimate of drug-likeness (QED) is 0.832. The molecular weight excluding hydrogens is 236 g/mol. The lowest BCUT2D eigenvalue weighted by molar-refractivity contribution is -0.118. The Kier molecular flexibility index (Phi) is 4.70. The molecule has 0 N–H and O–H groups in total. The molecule has 0 bridgehead atoms. The topological polar surface area (TPSA) is 44.1 Å². The van der Waals surface area contributed by atoms with E-state index >= 15 is 0 Å². The highest BCUT2D eigenvalue weighted by Gasteiger charge is 2.24. The van der Waals surface area contributed by atoms with Crippen LogP contribution in [0.15, 0.2) is 24.3 Å². The molecule has 100 valence electrons. The number of carbonyl (C=O) groups excluding carboxylic acids is 1. The second-order valence-electron chi connectivity index (χ2n) is 5.30. The van der Waals surface area contributed by atoms with Crippen LogP contribution in [0.3, 0.4) is 0 Å². The highest BCUT2D eigenvalue weighted by atomic mass is 16.1. The Hall–Kier alpha value is -1.66. The third-order valence-electron chi connectivity index (χ3n) is 3.78. The Morgan fingerprint density at radius 3 is 2.95 bits per heavy atom. The summed E-state index contributed by atoms with van der Waals surface area (Å²) in [6.45, 7) is 3.47. The van der Waals surface area contributed by atoms with Crippen LogP contribution in [0.1, 0.15) is 43.7 Å². The Bertz CT molecular complexity index is 490. The fourth-order valence-electron chi connectivity index (χ4n) is 2.82. The molecule has 1 saturated heterocycles. The van der Waals surface area contributed by atoms with Crippen LogP contribution < -0.4 is 0 Å². The number of likely N-dealkylation sites (tertiary alicyclic amines) is 1. The molecule has 3 heteroatoms. The van der Waals surface area contributed by atoms with Gasteiger partial charge >= 0.3 is 0 Å². The Morgan fingerprint density at radius 1 is 1.42 bits per heavy atom. The summed E-state index contributed by atoms with van der Waals surface area (Å²) in [5.41, 5.74) is 1.81. The summed E-state index contributed by atoms with van der Waals surface area (Å²) in [5, 5.41) is 9.14. The summed E-state index contributed by atoms with van der Waals surface area (Å²) in [6, 6.07) is 10.3. The van der Waals surface area contributed by atoms with E-state index in [1.807, 2.05) is 24.3 Å². The zero-order valence-electron chi connectivity index (χ0n) is 11.4. The molecule has 1 unspecified atom stereocenters. The molecule has 3 nitrogen and oxygen atoms in total. The first-order valence-corrected chi connectivity index (χ1v) is 6.92. The van der Waals surface area contributed by atoms with Gasteiger partial charge in [0.25, 0.3) is 0 Å². The van der Waals surface area contributed by atoms with E-state index in [-0.39, 0.29) is 5.78 Å². The van der Waals surface area contributed by atoms with Crippen LogP contribution in [-0.2, 0) is 11.3 Å². The highest BCUT2D eigenvalue weighted by molar-refractivity contribution is 5.76. The molecule has 0 radical (unpaired) electrons. The summed E-state index contributed by atoms with van der Waals surface area (Å²) in [7, 11) is 0. The van der Waals surface area contributed by atoms with Gasteiger partial charge in [-0.3, -0.25) is 9.69 Å². The lowest BCUT2D eigenvalue weighted by Gasteiger charge is -2.35. The summed E-state index contributed by atoms with van der Waals surface area (Å²) in [4.78, 5) is 13.7. The summed E-state index contributed by atoms with van der Waals surface area (Å²) >= 11 is 0. The van der Waals surface area contributed by atoms with E-state index in [9.17, 15) is 4.79 Å². The van der Waals surface area contributed by atoms with Gasteiger partial charge in [-0.25, -0.2) is 0 Å². The van der Waals surface area contributed by atoms with Crippen LogP contribution >= 0.6 is 0 Å². The number of Topliss-reactive ketones (excluding diaryl/α,β-unsaturated/α-hetero) is 1. The zero-order valence-corrected chi connectivity index (χ0v) is 11.4. The molecule has 1 heterocycles. The number of ketones is 1. The largest absolute Gasteiger partial charge is 0.300 e. The molecule has 2 rings (SSSR count). The Labute approximate surface area is 114 Å². The Morgan fingerprint density at radius 2 is 2.21 bits per heavy atom. The number of carbonyl (C=O) groups is 1. The SMILES string of the molecule is CC(=O)CC1CCCCN1Cc1ccccc1C#N. The van der Waals surface area contributed by atoms with Gasteiger partial charge in [0.1, 0.15) is 5.78 Å². The number of benzene rings is 1. The number of hydrogen-bond donors (Lipinski definition) is 0. The van der Waals surface area contributed by atoms with Crippen LogP contribution in [0, 0.1) is 11.3 Å². The zero-order chi connectivity index (χ0) is 13.7. The molecule has 0 saturated carbocycles. The molecule has 0 aliphatic carbocycles. The standard InChI is InChI=1S/C16H20N2O/c1-13(19)10-16-8-4-5-9-18(16)12-15-7-3-2-6-14(15)11-17/h2-3,6-7,16H,4-5,8-10,12H2,1H3. The molecule has 1 aliphatic rings. The third kappa shape index (κ3) is 3.65. The van der Waals surface area contributed by atoms with Crippen molar-refractivity contribution in [1.29, 1.82) is 5.26 Å². The molecule has 1 fully saturated rings. The van der Waals surface area contributed by atoms with Crippen LogP contribution in [0.5, 0.6) is 0 Å². The van der Waals surface area contributed by atoms with Crippen molar-refractivity contribution in [2.24, 2.45) is 0 Å². The van der Waals surface area contributed by atoms with Crippen molar-refractivity contribution in [2.45, 2.75) is 45.2 Å². The van der Waals surface area contributed by atoms with Gasteiger partial charge in [0.05, 0.1) is 11.6 Å². The van der Waals surface area contributed by atoms with E-state index < -0.39 is 0 Å². The lowest BCUT2D eigenvalue weighted by Crippen LogP contribution is -2.40. The molecule has 19 heavy (non-hydrogen) atoms. The van der Waals surface area contributed by atoms with Crippen LogP contribution in [0.4, 0.5) is 0 Å². The van der Waals surface area contributed by atoms with Gasteiger partial charge in [-0.2, -0.15) is 5.26 Å². The monoisotopic (exact) mass is 256 g/mol. The molecular formula is C16H20N2O. The molecule has 1 atom stereocenters. The number of rotatable bonds is 4. The molecule has 1 aromatic rings. The second-order valence-corrected chi connectivity index (χ2v) is 5.30. The van der Waals surface area contributed by atoms with Crippen molar-refractivity contribution in [3.63, 3.8) is 0 Å². The van der Waals surface area contributed by atoms with Crippen LogP contribution in [0.25, 0.3) is 0 Å². The van der Waals surface area contributed by atoms with Gasteiger partial charge in [0.2, 0.25) is 0 Å². The predicted molar refractivity (Wildman–Crippen MR) is 74.5 cm³/mol. The highest BCUT2D eigenvalue weighted by Crippen LogP contribution is 2.23. The van der Waals surface area contributed by atoms with E-state index in [4.69, 9.17) is 5.26 Å². The summed E-state index contributed by atoms with van der Waals surface area (Å²) in [6.07, 6.45) is 4.11. The molecule has 0 amide bonds.